The Balaban J connectivity index is 2.03. The first-order valence-electron chi connectivity index (χ1n) is 6.86. The highest BCUT2D eigenvalue weighted by Gasteiger charge is 2.34. The number of rotatable bonds is 5. The lowest BCUT2D eigenvalue weighted by Crippen LogP contribution is -2.47. The monoisotopic (exact) mass is 341 g/mol. The van der Waals surface area contributed by atoms with E-state index in [1.165, 1.54) is 0 Å². The highest BCUT2D eigenvalue weighted by atomic mass is 79.9. The second-order valence-corrected chi connectivity index (χ2v) is 6.52. The minimum absolute atomic E-state index is 0.0518. The number of halogens is 1. The van der Waals surface area contributed by atoms with E-state index in [-0.39, 0.29) is 12.0 Å². The molecule has 1 amide bonds. The molecule has 1 aliphatic carbocycles. The second-order valence-electron chi connectivity index (χ2n) is 5.60. The first-order valence-corrected chi connectivity index (χ1v) is 7.65. The van der Waals surface area contributed by atoms with Gasteiger partial charge in [-0.15, -0.1) is 0 Å². The van der Waals surface area contributed by atoms with E-state index in [9.17, 15) is 9.90 Å². The predicted molar refractivity (Wildman–Crippen MR) is 81.0 cm³/mol. The number of carbonyl (C=O) groups is 1. The molecule has 5 heteroatoms. The molecule has 1 fully saturated rings. The Kier molecular flexibility index (Phi) is 4.70. The zero-order chi connectivity index (χ0) is 14.8. The zero-order valence-corrected chi connectivity index (χ0v) is 13.4. The molecule has 0 radical (unpaired) electrons. The van der Waals surface area contributed by atoms with Crippen molar-refractivity contribution >= 4 is 21.8 Å². The summed E-state index contributed by atoms with van der Waals surface area (Å²) < 4.78 is 6.40. The molecule has 110 valence electrons. The summed E-state index contributed by atoms with van der Waals surface area (Å²) in [5.74, 6) is 0.460. The summed E-state index contributed by atoms with van der Waals surface area (Å²) in [5.41, 5.74) is -0.184. The van der Waals surface area contributed by atoms with E-state index in [1.54, 1.807) is 12.1 Å². The first kappa shape index (κ1) is 15.3. The van der Waals surface area contributed by atoms with Gasteiger partial charge in [0.1, 0.15) is 5.75 Å². The van der Waals surface area contributed by atoms with Crippen molar-refractivity contribution in [3.63, 3.8) is 0 Å². The number of hydrogen-bond acceptors (Lipinski definition) is 3. The number of carbonyl (C=O) groups excluding carboxylic acids is 1. The smallest absolute Gasteiger partial charge is 0.251 e. The number of nitrogens with one attached hydrogen (secondary N) is 1. The van der Waals surface area contributed by atoms with E-state index in [0.717, 1.165) is 23.7 Å². The summed E-state index contributed by atoms with van der Waals surface area (Å²) in [5, 5.41) is 12.8. The van der Waals surface area contributed by atoms with Crippen molar-refractivity contribution in [3.05, 3.63) is 28.2 Å². The number of hydrogen-bond donors (Lipinski definition) is 2. The Morgan fingerprint density at radius 2 is 2.15 bits per heavy atom. The van der Waals surface area contributed by atoms with Gasteiger partial charge in [-0.2, -0.15) is 0 Å². The quantitative estimate of drug-likeness (QED) is 0.865. The molecule has 0 atom stereocenters. The molecule has 0 aliphatic heterocycles. The van der Waals surface area contributed by atoms with Crippen LogP contribution < -0.4 is 10.1 Å². The van der Waals surface area contributed by atoms with E-state index in [1.807, 2.05) is 19.9 Å². The maximum atomic E-state index is 12.1. The molecular formula is C15H20BrNO3. The van der Waals surface area contributed by atoms with Crippen LogP contribution in [0.5, 0.6) is 5.75 Å². The lowest BCUT2D eigenvalue weighted by molar-refractivity contribution is -0.0300. The zero-order valence-electron chi connectivity index (χ0n) is 11.8. The van der Waals surface area contributed by atoms with E-state index < -0.39 is 5.60 Å². The molecule has 0 saturated heterocycles. The summed E-state index contributed by atoms with van der Waals surface area (Å²) in [6.45, 7) is 4.18. The van der Waals surface area contributed by atoms with Gasteiger partial charge in [0, 0.05) is 16.6 Å². The van der Waals surface area contributed by atoms with Gasteiger partial charge in [0.05, 0.1) is 11.7 Å². The fourth-order valence-electron chi connectivity index (χ4n) is 2.14. The highest BCUT2D eigenvalue weighted by molar-refractivity contribution is 9.10. The van der Waals surface area contributed by atoms with Gasteiger partial charge >= 0.3 is 0 Å². The summed E-state index contributed by atoms with van der Waals surface area (Å²) >= 11 is 3.38. The molecule has 0 aromatic heterocycles. The Morgan fingerprint density at radius 1 is 1.45 bits per heavy atom. The van der Waals surface area contributed by atoms with Gasteiger partial charge in [-0.1, -0.05) is 15.9 Å². The van der Waals surface area contributed by atoms with Gasteiger partial charge in [-0.25, -0.2) is 0 Å². The highest BCUT2D eigenvalue weighted by Crippen LogP contribution is 2.30. The minimum Gasteiger partial charge on any atom is -0.491 e. The largest absolute Gasteiger partial charge is 0.491 e. The SMILES string of the molecule is CC(C)Oc1cc(Br)cc(C(=O)NCC2(O)CCC2)c1. The third-order valence-electron chi connectivity index (χ3n) is 3.37. The van der Waals surface area contributed by atoms with E-state index in [0.29, 0.717) is 17.9 Å². The van der Waals surface area contributed by atoms with Crippen LogP contribution in [0.4, 0.5) is 0 Å². The molecule has 1 aromatic rings. The molecule has 1 saturated carbocycles. The van der Waals surface area contributed by atoms with E-state index >= 15 is 0 Å². The van der Waals surface area contributed by atoms with Crippen molar-refractivity contribution in [1.29, 1.82) is 0 Å². The van der Waals surface area contributed by atoms with Gasteiger partial charge < -0.3 is 15.2 Å². The molecule has 4 nitrogen and oxygen atoms in total. The van der Waals surface area contributed by atoms with Gasteiger partial charge in [0.25, 0.3) is 5.91 Å². The maximum absolute atomic E-state index is 12.1. The van der Waals surface area contributed by atoms with E-state index in [2.05, 4.69) is 21.2 Å². The van der Waals surface area contributed by atoms with Crippen LogP contribution in [-0.2, 0) is 0 Å². The van der Waals surface area contributed by atoms with Crippen LogP contribution in [0, 0.1) is 0 Å². The van der Waals surface area contributed by atoms with Gasteiger partial charge in [0.2, 0.25) is 0 Å². The fourth-order valence-corrected chi connectivity index (χ4v) is 2.61. The van der Waals surface area contributed by atoms with Crippen LogP contribution in [0.2, 0.25) is 0 Å². The molecule has 0 spiro atoms. The number of amides is 1. The predicted octanol–water partition coefficient (Wildman–Crippen LogP) is 2.88. The van der Waals surface area contributed by atoms with E-state index in [4.69, 9.17) is 4.74 Å². The lowest BCUT2D eigenvalue weighted by atomic mass is 9.80. The maximum Gasteiger partial charge on any atom is 0.251 e. The van der Waals surface area contributed by atoms with Gasteiger partial charge in [0.15, 0.2) is 0 Å². The minimum atomic E-state index is -0.709. The molecule has 0 heterocycles. The Hall–Kier alpha value is -1.07. The van der Waals surface area contributed by atoms with Crippen molar-refractivity contribution in [2.75, 3.05) is 6.54 Å². The Labute approximate surface area is 127 Å². The molecule has 20 heavy (non-hydrogen) atoms. The molecule has 1 aromatic carbocycles. The summed E-state index contributed by atoms with van der Waals surface area (Å²) in [4.78, 5) is 12.1. The van der Waals surface area contributed by atoms with Gasteiger partial charge in [-0.05, 0) is 51.3 Å². The average molecular weight is 342 g/mol. The van der Waals surface area contributed by atoms with Crippen LogP contribution >= 0.6 is 15.9 Å². The third kappa shape index (κ3) is 3.96. The summed E-state index contributed by atoms with van der Waals surface area (Å²) in [7, 11) is 0. The number of aliphatic hydroxyl groups is 1. The standard InChI is InChI=1S/C15H20BrNO3/c1-10(2)20-13-7-11(6-12(16)8-13)14(18)17-9-15(19)4-3-5-15/h6-8,10,19H,3-5,9H2,1-2H3,(H,17,18). The van der Waals surface area contributed by atoms with Crippen molar-refractivity contribution in [1.82, 2.24) is 5.32 Å². The lowest BCUT2D eigenvalue weighted by Gasteiger charge is -2.36. The molecule has 0 bridgehead atoms. The average Bonchev–Trinajstić information content (AvgIpc) is 2.32. The summed E-state index contributed by atoms with van der Waals surface area (Å²) in [6.07, 6.45) is 2.59. The number of ether oxygens (including phenoxy) is 1. The van der Waals surface area contributed by atoms with Crippen LogP contribution in [-0.4, -0.2) is 29.3 Å². The third-order valence-corrected chi connectivity index (χ3v) is 3.83. The van der Waals surface area contributed by atoms with Crippen LogP contribution in [0.25, 0.3) is 0 Å². The Bertz CT molecular complexity index is 498. The van der Waals surface area contributed by atoms with Crippen molar-refractivity contribution in [3.8, 4) is 5.75 Å². The topological polar surface area (TPSA) is 58.6 Å². The summed E-state index contributed by atoms with van der Waals surface area (Å²) in [6, 6.07) is 5.29. The van der Waals surface area contributed by atoms with Crippen LogP contribution in [0.3, 0.4) is 0 Å². The molecule has 1 aliphatic rings. The van der Waals surface area contributed by atoms with Crippen molar-refractivity contribution < 1.29 is 14.6 Å². The fraction of sp³-hybridized carbons (Fsp3) is 0.533. The van der Waals surface area contributed by atoms with Crippen LogP contribution in [0.1, 0.15) is 43.5 Å². The van der Waals surface area contributed by atoms with Crippen molar-refractivity contribution in [2.24, 2.45) is 0 Å². The first-order chi connectivity index (χ1) is 9.38. The molecule has 2 N–H and O–H groups in total. The molecule has 2 rings (SSSR count). The second kappa shape index (κ2) is 6.14. The normalized spacial score (nSPS) is 16.6. The number of benzene rings is 1. The van der Waals surface area contributed by atoms with Crippen LogP contribution in [0.15, 0.2) is 22.7 Å². The van der Waals surface area contributed by atoms with Gasteiger partial charge in [-0.3, -0.25) is 4.79 Å². The van der Waals surface area contributed by atoms with Crippen molar-refractivity contribution in [2.45, 2.75) is 44.8 Å². The molecule has 0 unspecified atom stereocenters. The Morgan fingerprint density at radius 3 is 2.70 bits per heavy atom. The molecular weight excluding hydrogens is 322 g/mol.